The van der Waals surface area contributed by atoms with Crippen molar-refractivity contribution in [2.75, 3.05) is 13.1 Å². The van der Waals surface area contributed by atoms with Crippen LogP contribution in [0, 0.1) is 0 Å². The Morgan fingerprint density at radius 1 is 1.18 bits per heavy atom. The Morgan fingerprint density at radius 2 is 2.12 bits per heavy atom. The van der Waals surface area contributed by atoms with Gasteiger partial charge >= 0.3 is 0 Å². The van der Waals surface area contributed by atoms with Crippen LogP contribution in [0.2, 0.25) is 0 Å². The molecule has 2 heteroatoms. The number of aromatic hydroxyl groups is 1. The molecule has 1 saturated heterocycles. The molecule has 2 nitrogen and oxygen atoms in total. The standard InChI is InChI=1S/C15H17NO/c17-13-6-7-15-11(9-13)3-1-5-14(15)12-4-2-8-16-10-12/h1,3,5-7,9,12,16-17H,2,4,8,10H2. The van der Waals surface area contributed by atoms with Gasteiger partial charge in [0.2, 0.25) is 0 Å². The molecule has 0 radical (unpaired) electrons. The van der Waals surface area contributed by atoms with E-state index in [0.717, 1.165) is 18.5 Å². The Morgan fingerprint density at radius 3 is 2.94 bits per heavy atom. The molecule has 0 bridgehead atoms. The summed E-state index contributed by atoms with van der Waals surface area (Å²) in [5.74, 6) is 0.952. The molecular weight excluding hydrogens is 210 g/mol. The zero-order valence-corrected chi connectivity index (χ0v) is 9.82. The van der Waals surface area contributed by atoms with Crippen LogP contribution in [0.4, 0.5) is 0 Å². The highest BCUT2D eigenvalue weighted by molar-refractivity contribution is 5.87. The summed E-state index contributed by atoms with van der Waals surface area (Å²) in [5, 5.41) is 15.4. The molecule has 0 spiro atoms. The first-order chi connectivity index (χ1) is 8.34. The lowest BCUT2D eigenvalue weighted by Crippen LogP contribution is -2.28. The molecule has 2 aromatic rings. The van der Waals surface area contributed by atoms with E-state index >= 15 is 0 Å². The summed E-state index contributed by atoms with van der Waals surface area (Å²) in [6, 6.07) is 12.0. The number of rotatable bonds is 1. The van der Waals surface area contributed by atoms with E-state index in [2.05, 4.69) is 23.5 Å². The second kappa shape index (κ2) is 4.38. The minimum atomic E-state index is 0.344. The lowest BCUT2D eigenvalue weighted by Gasteiger charge is -2.24. The van der Waals surface area contributed by atoms with E-state index in [-0.39, 0.29) is 0 Å². The molecule has 1 atom stereocenters. The number of phenolic OH excluding ortho intramolecular Hbond substituents is 1. The van der Waals surface area contributed by atoms with Crippen LogP contribution in [0.5, 0.6) is 5.75 Å². The first kappa shape index (κ1) is 10.6. The molecule has 1 fully saturated rings. The van der Waals surface area contributed by atoms with Gasteiger partial charge in [0, 0.05) is 6.54 Å². The summed E-state index contributed by atoms with van der Waals surface area (Å²) in [4.78, 5) is 0. The largest absolute Gasteiger partial charge is 0.508 e. The number of hydrogen-bond donors (Lipinski definition) is 2. The van der Waals surface area contributed by atoms with Gasteiger partial charge in [-0.1, -0.05) is 24.3 Å². The molecular formula is C15H17NO. The molecule has 0 aliphatic carbocycles. The lowest BCUT2D eigenvalue weighted by molar-refractivity contribution is 0.463. The third kappa shape index (κ3) is 2.01. The summed E-state index contributed by atoms with van der Waals surface area (Å²) in [6.45, 7) is 2.21. The van der Waals surface area contributed by atoms with Gasteiger partial charge < -0.3 is 10.4 Å². The van der Waals surface area contributed by atoms with E-state index in [1.165, 1.54) is 23.8 Å². The second-order valence-electron chi connectivity index (χ2n) is 4.80. The molecule has 1 aliphatic heterocycles. The number of benzene rings is 2. The highest BCUT2D eigenvalue weighted by Gasteiger charge is 2.16. The lowest BCUT2D eigenvalue weighted by atomic mass is 9.88. The number of nitrogens with one attached hydrogen (secondary N) is 1. The van der Waals surface area contributed by atoms with Crippen LogP contribution < -0.4 is 5.32 Å². The second-order valence-corrected chi connectivity index (χ2v) is 4.80. The molecule has 0 saturated carbocycles. The van der Waals surface area contributed by atoms with Crippen molar-refractivity contribution in [3.05, 3.63) is 42.0 Å². The van der Waals surface area contributed by atoms with Gasteiger partial charge in [-0.25, -0.2) is 0 Å². The Labute approximate surface area is 101 Å². The Hall–Kier alpha value is -1.54. The first-order valence-electron chi connectivity index (χ1n) is 6.27. The minimum absolute atomic E-state index is 0.344. The van der Waals surface area contributed by atoms with Crippen molar-refractivity contribution < 1.29 is 5.11 Å². The molecule has 1 aliphatic rings. The van der Waals surface area contributed by atoms with Crippen molar-refractivity contribution in [1.29, 1.82) is 0 Å². The van der Waals surface area contributed by atoms with Crippen LogP contribution in [0.3, 0.4) is 0 Å². The van der Waals surface area contributed by atoms with Crippen LogP contribution in [0.25, 0.3) is 10.8 Å². The molecule has 2 aromatic carbocycles. The summed E-state index contributed by atoms with van der Waals surface area (Å²) in [5.41, 5.74) is 1.41. The third-order valence-corrected chi connectivity index (χ3v) is 3.63. The maximum absolute atomic E-state index is 9.52. The normalized spacial score (nSPS) is 20.6. The Bertz CT molecular complexity index is 529. The highest BCUT2D eigenvalue weighted by Crippen LogP contribution is 2.31. The molecule has 2 N–H and O–H groups in total. The van der Waals surface area contributed by atoms with Gasteiger partial charge in [-0.05, 0) is 53.8 Å². The molecule has 17 heavy (non-hydrogen) atoms. The maximum atomic E-state index is 9.52. The SMILES string of the molecule is Oc1ccc2c(C3CCCNC3)cccc2c1. The van der Waals surface area contributed by atoms with Gasteiger partial charge in [-0.2, -0.15) is 0 Å². The van der Waals surface area contributed by atoms with Gasteiger partial charge in [0.25, 0.3) is 0 Å². The zero-order chi connectivity index (χ0) is 11.7. The average molecular weight is 227 g/mol. The topological polar surface area (TPSA) is 32.3 Å². The van der Waals surface area contributed by atoms with Crippen LogP contribution in [0.1, 0.15) is 24.3 Å². The average Bonchev–Trinajstić information content (AvgIpc) is 2.39. The van der Waals surface area contributed by atoms with Gasteiger partial charge in [0.05, 0.1) is 0 Å². The summed E-state index contributed by atoms with van der Waals surface area (Å²) in [6.07, 6.45) is 2.51. The van der Waals surface area contributed by atoms with Gasteiger partial charge in [0.15, 0.2) is 0 Å². The zero-order valence-electron chi connectivity index (χ0n) is 9.82. The van der Waals surface area contributed by atoms with Crippen LogP contribution >= 0.6 is 0 Å². The smallest absolute Gasteiger partial charge is 0.116 e. The molecule has 1 heterocycles. The van der Waals surface area contributed by atoms with Crippen LogP contribution in [-0.2, 0) is 0 Å². The van der Waals surface area contributed by atoms with Crippen molar-refractivity contribution >= 4 is 10.8 Å². The molecule has 0 aromatic heterocycles. The minimum Gasteiger partial charge on any atom is -0.508 e. The van der Waals surface area contributed by atoms with Gasteiger partial charge in [-0.3, -0.25) is 0 Å². The number of phenols is 1. The van der Waals surface area contributed by atoms with Crippen molar-refractivity contribution in [2.45, 2.75) is 18.8 Å². The van der Waals surface area contributed by atoms with E-state index in [0.29, 0.717) is 11.7 Å². The maximum Gasteiger partial charge on any atom is 0.116 e. The van der Waals surface area contributed by atoms with Crippen molar-refractivity contribution in [1.82, 2.24) is 5.32 Å². The van der Waals surface area contributed by atoms with E-state index in [4.69, 9.17) is 0 Å². The van der Waals surface area contributed by atoms with E-state index < -0.39 is 0 Å². The van der Waals surface area contributed by atoms with E-state index in [1.807, 2.05) is 12.1 Å². The Kier molecular flexibility index (Phi) is 2.73. The molecule has 0 amide bonds. The van der Waals surface area contributed by atoms with Crippen molar-refractivity contribution in [2.24, 2.45) is 0 Å². The van der Waals surface area contributed by atoms with Gasteiger partial charge in [-0.15, -0.1) is 0 Å². The first-order valence-corrected chi connectivity index (χ1v) is 6.27. The fraction of sp³-hybridized carbons (Fsp3) is 0.333. The third-order valence-electron chi connectivity index (χ3n) is 3.63. The Balaban J connectivity index is 2.09. The van der Waals surface area contributed by atoms with Gasteiger partial charge in [0.1, 0.15) is 5.75 Å². The van der Waals surface area contributed by atoms with E-state index in [1.54, 1.807) is 6.07 Å². The summed E-state index contributed by atoms with van der Waals surface area (Å²) < 4.78 is 0. The molecule has 1 unspecified atom stereocenters. The monoisotopic (exact) mass is 227 g/mol. The predicted molar refractivity (Wildman–Crippen MR) is 70.5 cm³/mol. The summed E-state index contributed by atoms with van der Waals surface area (Å²) in [7, 11) is 0. The van der Waals surface area contributed by atoms with Crippen molar-refractivity contribution in [3.63, 3.8) is 0 Å². The highest BCUT2D eigenvalue weighted by atomic mass is 16.3. The predicted octanol–water partition coefficient (Wildman–Crippen LogP) is 3.01. The van der Waals surface area contributed by atoms with Crippen LogP contribution in [-0.4, -0.2) is 18.2 Å². The number of hydrogen-bond acceptors (Lipinski definition) is 2. The fourth-order valence-electron chi connectivity index (χ4n) is 2.77. The molecule has 88 valence electrons. The number of piperidine rings is 1. The number of fused-ring (bicyclic) bond motifs is 1. The van der Waals surface area contributed by atoms with Crippen molar-refractivity contribution in [3.8, 4) is 5.75 Å². The van der Waals surface area contributed by atoms with E-state index in [9.17, 15) is 5.11 Å². The quantitative estimate of drug-likeness (QED) is 0.785. The fourth-order valence-corrected chi connectivity index (χ4v) is 2.77. The molecule has 3 rings (SSSR count). The summed E-state index contributed by atoms with van der Waals surface area (Å²) >= 11 is 0. The van der Waals surface area contributed by atoms with Crippen LogP contribution in [0.15, 0.2) is 36.4 Å².